The van der Waals surface area contributed by atoms with Crippen molar-refractivity contribution in [2.45, 2.75) is 12.8 Å². The smallest absolute Gasteiger partial charge is 0.341 e. The molecule has 0 saturated carbocycles. The van der Waals surface area contributed by atoms with Gasteiger partial charge in [-0.1, -0.05) is 6.92 Å². The van der Waals surface area contributed by atoms with Gasteiger partial charge in [0.25, 0.3) is 5.56 Å². The molecule has 0 aliphatic carbocycles. The lowest BCUT2D eigenvalue weighted by Crippen LogP contribution is -2.45. The van der Waals surface area contributed by atoms with Crippen molar-refractivity contribution in [2.24, 2.45) is 0 Å². The van der Waals surface area contributed by atoms with E-state index >= 15 is 0 Å². The van der Waals surface area contributed by atoms with Gasteiger partial charge in [0.1, 0.15) is 11.3 Å². The van der Waals surface area contributed by atoms with Crippen LogP contribution >= 0.6 is 12.4 Å². The molecule has 0 unspecified atom stereocenters. The predicted octanol–water partition coefficient (Wildman–Crippen LogP) is 1.81. The maximum atomic E-state index is 15.0. The van der Waals surface area contributed by atoms with Gasteiger partial charge in [0.2, 0.25) is 0 Å². The van der Waals surface area contributed by atoms with Crippen LogP contribution in [0.4, 0.5) is 10.1 Å². The molecule has 0 spiro atoms. The first kappa shape index (κ1) is 19.4. The molecule has 2 aromatic heterocycles. The Balaban J connectivity index is 0.00000210. The number of piperazine rings is 1. The van der Waals surface area contributed by atoms with Crippen LogP contribution in [0, 0.1) is 5.82 Å². The SMILES string of the molecule is C[C@H]1COc2c(N3CCN(C)CC3)c(F)cn3c(=O)c(C(=O)O)cc1c23.Cl. The summed E-state index contributed by atoms with van der Waals surface area (Å²) in [6.45, 7) is 5.12. The number of rotatable bonds is 2. The number of aromatic carboxylic acids is 1. The Labute approximate surface area is 161 Å². The highest BCUT2D eigenvalue weighted by Crippen LogP contribution is 2.42. The van der Waals surface area contributed by atoms with Crippen LogP contribution in [-0.2, 0) is 0 Å². The van der Waals surface area contributed by atoms with Gasteiger partial charge in [-0.15, -0.1) is 12.4 Å². The van der Waals surface area contributed by atoms with Crippen molar-refractivity contribution in [1.82, 2.24) is 9.30 Å². The van der Waals surface area contributed by atoms with Crippen LogP contribution in [0.1, 0.15) is 28.8 Å². The Bertz CT molecular complexity index is 969. The van der Waals surface area contributed by atoms with Gasteiger partial charge in [-0.3, -0.25) is 9.20 Å². The van der Waals surface area contributed by atoms with E-state index in [-0.39, 0.29) is 23.9 Å². The molecular formula is C18H21ClFN3O4. The van der Waals surface area contributed by atoms with E-state index in [1.807, 2.05) is 18.9 Å². The second kappa shape index (κ2) is 7.01. The van der Waals surface area contributed by atoms with E-state index in [0.717, 1.165) is 23.7 Å². The average Bonchev–Trinajstić information content (AvgIpc) is 2.60. The highest BCUT2D eigenvalue weighted by atomic mass is 35.5. The zero-order chi connectivity index (χ0) is 18.6. The summed E-state index contributed by atoms with van der Waals surface area (Å²) in [5.41, 5.74) is 0.407. The molecule has 0 aromatic carbocycles. The molecule has 4 rings (SSSR count). The minimum atomic E-state index is -1.32. The minimum absolute atomic E-state index is 0. The largest absolute Gasteiger partial charge is 0.488 e. The van der Waals surface area contributed by atoms with Gasteiger partial charge in [0, 0.05) is 32.1 Å². The van der Waals surface area contributed by atoms with E-state index in [4.69, 9.17) is 4.74 Å². The highest BCUT2D eigenvalue weighted by molar-refractivity contribution is 5.90. The lowest BCUT2D eigenvalue weighted by molar-refractivity contribution is 0.0694. The molecule has 2 aromatic rings. The van der Waals surface area contributed by atoms with Crippen LogP contribution in [0.15, 0.2) is 17.1 Å². The lowest BCUT2D eigenvalue weighted by Gasteiger charge is -2.36. The second-order valence-corrected chi connectivity index (χ2v) is 7.00. The minimum Gasteiger partial charge on any atom is -0.488 e. The molecule has 2 aliphatic rings. The average molecular weight is 398 g/mol. The molecule has 7 nitrogen and oxygen atoms in total. The molecule has 146 valence electrons. The van der Waals surface area contributed by atoms with Gasteiger partial charge in [0.15, 0.2) is 11.6 Å². The van der Waals surface area contributed by atoms with Crippen LogP contribution in [0.2, 0.25) is 0 Å². The number of aromatic nitrogens is 1. The van der Waals surface area contributed by atoms with E-state index in [9.17, 15) is 19.1 Å². The summed E-state index contributed by atoms with van der Waals surface area (Å²) in [5, 5.41) is 9.32. The Kier molecular flexibility index (Phi) is 5.05. The first-order valence-electron chi connectivity index (χ1n) is 8.60. The fraction of sp³-hybridized carbons (Fsp3) is 0.444. The van der Waals surface area contributed by atoms with E-state index in [0.29, 0.717) is 42.2 Å². The van der Waals surface area contributed by atoms with Gasteiger partial charge < -0.3 is 19.6 Å². The van der Waals surface area contributed by atoms with E-state index in [2.05, 4.69) is 4.90 Å². The van der Waals surface area contributed by atoms with E-state index in [1.54, 1.807) is 0 Å². The molecule has 0 amide bonds. The second-order valence-electron chi connectivity index (χ2n) is 7.00. The Morgan fingerprint density at radius 1 is 1.30 bits per heavy atom. The molecule has 0 bridgehead atoms. The number of halogens is 2. The maximum Gasteiger partial charge on any atom is 0.341 e. The van der Waals surface area contributed by atoms with Crippen LogP contribution in [0.25, 0.3) is 5.52 Å². The zero-order valence-corrected chi connectivity index (χ0v) is 15.9. The molecule has 4 heterocycles. The molecule has 0 radical (unpaired) electrons. The number of anilines is 1. The highest BCUT2D eigenvalue weighted by Gasteiger charge is 2.31. The first-order chi connectivity index (χ1) is 12.4. The Morgan fingerprint density at radius 2 is 1.96 bits per heavy atom. The number of nitrogens with zero attached hydrogens (tertiary/aromatic N) is 3. The number of ether oxygens (including phenoxy) is 1. The molecule has 27 heavy (non-hydrogen) atoms. The van der Waals surface area contributed by atoms with Crippen molar-refractivity contribution in [3.63, 3.8) is 0 Å². The summed E-state index contributed by atoms with van der Waals surface area (Å²) >= 11 is 0. The maximum absolute atomic E-state index is 15.0. The summed E-state index contributed by atoms with van der Waals surface area (Å²) in [5.74, 6) is -1.66. The third kappa shape index (κ3) is 3.02. The van der Waals surface area contributed by atoms with Gasteiger partial charge in [0.05, 0.1) is 18.3 Å². The van der Waals surface area contributed by atoms with Gasteiger partial charge in [-0.25, -0.2) is 9.18 Å². The van der Waals surface area contributed by atoms with Gasteiger partial charge in [-0.2, -0.15) is 0 Å². The van der Waals surface area contributed by atoms with Crippen molar-refractivity contribution in [1.29, 1.82) is 0 Å². The molecular weight excluding hydrogens is 377 g/mol. The fourth-order valence-corrected chi connectivity index (χ4v) is 3.70. The summed E-state index contributed by atoms with van der Waals surface area (Å²) in [6, 6.07) is 1.41. The van der Waals surface area contributed by atoms with E-state index in [1.165, 1.54) is 6.07 Å². The van der Waals surface area contributed by atoms with Gasteiger partial charge in [-0.05, 0) is 18.7 Å². The first-order valence-corrected chi connectivity index (χ1v) is 8.60. The third-order valence-corrected chi connectivity index (χ3v) is 5.22. The number of likely N-dealkylation sites (N-methyl/N-ethyl adjacent to an activating group) is 1. The van der Waals surface area contributed by atoms with Crippen LogP contribution in [0.3, 0.4) is 0 Å². The van der Waals surface area contributed by atoms with Crippen molar-refractivity contribution in [3.05, 3.63) is 39.6 Å². The molecule has 1 saturated heterocycles. The molecule has 1 N–H and O–H groups in total. The predicted molar refractivity (Wildman–Crippen MR) is 101 cm³/mol. The van der Waals surface area contributed by atoms with Crippen molar-refractivity contribution in [2.75, 3.05) is 44.7 Å². The molecule has 9 heteroatoms. The van der Waals surface area contributed by atoms with Gasteiger partial charge >= 0.3 is 5.97 Å². The molecule has 1 atom stereocenters. The summed E-state index contributed by atoms with van der Waals surface area (Å²) in [4.78, 5) is 28.1. The fourth-order valence-electron chi connectivity index (χ4n) is 3.70. The van der Waals surface area contributed by atoms with Crippen molar-refractivity contribution < 1.29 is 19.0 Å². The Morgan fingerprint density at radius 3 is 2.59 bits per heavy atom. The van der Waals surface area contributed by atoms with Crippen LogP contribution in [0.5, 0.6) is 5.75 Å². The van der Waals surface area contributed by atoms with Crippen molar-refractivity contribution >= 4 is 29.6 Å². The number of hydrogen-bond donors (Lipinski definition) is 1. The monoisotopic (exact) mass is 397 g/mol. The lowest BCUT2D eigenvalue weighted by atomic mass is 9.96. The van der Waals surface area contributed by atoms with E-state index < -0.39 is 17.3 Å². The topological polar surface area (TPSA) is 74.5 Å². The number of carboxylic acids is 1. The summed E-state index contributed by atoms with van der Waals surface area (Å²) in [7, 11) is 2.02. The molecule has 1 fully saturated rings. The normalized spacial score (nSPS) is 19.5. The summed E-state index contributed by atoms with van der Waals surface area (Å²) in [6.07, 6.45) is 1.09. The van der Waals surface area contributed by atoms with Crippen molar-refractivity contribution in [3.8, 4) is 5.75 Å². The number of pyridine rings is 2. The quantitative estimate of drug-likeness (QED) is 0.833. The number of carbonyl (C=O) groups is 1. The van der Waals surface area contributed by atoms with Crippen LogP contribution < -0.4 is 15.2 Å². The Hall–Kier alpha value is -2.32. The standard InChI is InChI=1S/C18H20FN3O4.ClH/c1-10-9-26-16-14-11(10)7-12(18(24)25)17(23)22(14)8-13(19)15(16)21-5-3-20(2)4-6-21;/h7-8,10H,3-6,9H2,1-2H3,(H,24,25);1H/t10-;/m0./s1. The third-order valence-electron chi connectivity index (χ3n) is 5.22. The zero-order valence-electron chi connectivity index (χ0n) is 15.1. The summed E-state index contributed by atoms with van der Waals surface area (Å²) < 4.78 is 21.9. The molecule has 2 aliphatic heterocycles. The number of hydrogen-bond acceptors (Lipinski definition) is 5. The number of carboxylic acid groups (broad SMARTS) is 1. The van der Waals surface area contributed by atoms with Crippen LogP contribution in [-0.4, -0.2) is 60.2 Å².